The number of carbonyl (C=O) groups excluding carboxylic acids is 1. The van der Waals surface area contributed by atoms with Gasteiger partial charge in [0.05, 0.1) is 20.8 Å². The number of aliphatic hydroxyl groups excluding tert-OH is 1. The van der Waals surface area contributed by atoms with Crippen LogP contribution in [-0.4, -0.2) is 55.0 Å². The number of methoxy groups -OCH3 is 2. The molecule has 0 radical (unpaired) electrons. The molecule has 7 nitrogen and oxygen atoms in total. The van der Waals surface area contributed by atoms with E-state index in [1.54, 1.807) is 25.8 Å². The second-order valence-corrected chi connectivity index (χ2v) is 7.51. The summed E-state index contributed by atoms with van der Waals surface area (Å²) < 4.78 is 10.9. The fourth-order valence-corrected chi connectivity index (χ4v) is 4.20. The second-order valence-electron chi connectivity index (χ2n) is 7.51. The maximum absolute atomic E-state index is 11.2. The van der Waals surface area contributed by atoms with E-state index in [0.29, 0.717) is 6.54 Å². The van der Waals surface area contributed by atoms with E-state index >= 15 is 0 Å². The number of fused-ring (bicyclic) bond motifs is 1. The van der Waals surface area contributed by atoms with Crippen LogP contribution in [0.1, 0.15) is 34.7 Å². The Hall–Kier alpha value is -2.87. The zero-order chi connectivity index (χ0) is 22.2. The van der Waals surface area contributed by atoms with E-state index in [0.717, 1.165) is 48.4 Å². The first-order chi connectivity index (χ1) is 15.1. The van der Waals surface area contributed by atoms with Crippen LogP contribution in [0.2, 0.25) is 0 Å². The Morgan fingerprint density at radius 2 is 2.03 bits per heavy atom. The van der Waals surface area contributed by atoms with Crippen molar-refractivity contribution in [1.29, 1.82) is 0 Å². The van der Waals surface area contributed by atoms with Gasteiger partial charge in [-0.2, -0.15) is 0 Å². The number of ether oxygens (including phenoxy) is 2. The van der Waals surface area contributed by atoms with Crippen LogP contribution in [0.15, 0.2) is 42.5 Å². The van der Waals surface area contributed by atoms with E-state index in [-0.39, 0.29) is 12.6 Å². The van der Waals surface area contributed by atoms with Gasteiger partial charge in [0.2, 0.25) is 0 Å². The fourth-order valence-electron chi connectivity index (χ4n) is 4.20. The Kier molecular flexibility index (Phi) is 8.06. The molecule has 2 aromatic carbocycles. The average Bonchev–Trinajstić information content (AvgIpc) is 3.23. The van der Waals surface area contributed by atoms with Gasteiger partial charge in [-0.1, -0.05) is 18.2 Å². The van der Waals surface area contributed by atoms with Gasteiger partial charge in [0.15, 0.2) is 0 Å². The minimum absolute atomic E-state index is 0.0954. The number of aryl methyl sites for hydroxylation is 1. The summed E-state index contributed by atoms with van der Waals surface area (Å²) in [6.45, 7) is 1.47. The lowest BCUT2D eigenvalue weighted by Crippen LogP contribution is -2.32. The van der Waals surface area contributed by atoms with Crippen molar-refractivity contribution in [3.05, 3.63) is 64.7 Å². The molecule has 1 aliphatic carbocycles. The summed E-state index contributed by atoms with van der Waals surface area (Å²) in [6, 6.07) is 12.2. The number of amides is 1. The van der Waals surface area contributed by atoms with Gasteiger partial charge in [0, 0.05) is 25.2 Å². The van der Waals surface area contributed by atoms with Crippen molar-refractivity contribution in [2.75, 3.05) is 33.9 Å². The number of carbonyl (C=O) groups is 1. The quantitative estimate of drug-likeness (QED) is 0.307. The largest absolute Gasteiger partial charge is 0.497 e. The Bertz CT molecular complexity index is 928. The van der Waals surface area contributed by atoms with Crippen molar-refractivity contribution in [2.24, 2.45) is 0 Å². The third-order valence-electron chi connectivity index (χ3n) is 5.73. The molecular weight excluding hydrogens is 396 g/mol. The molecule has 3 N–H and O–H groups in total. The van der Waals surface area contributed by atoms with Gasteiger partial charge in [-0.05, 0) is 65.8 Å². The minimum Gasteiger partial charge on any atom is -0.497 e. The van der Waals surface area contributed by atoms with Gasteiger partial charge in [-0.25, -0.2) is 5.48 Å². The molecule has 0 saturated carbocycles. The molecule has 0 unspecified atom stereocenters. The Balaban J connectivity index is 1.75. The maximum atomic E-state index is 11.2. The van der Waals surface area contributed by atoms with Crippen molar-refractivity contribution in [2.45, 2.75) is 25.3 Å². The van der Waals surface area contributed by atoms with E-state index in [1.165, 1.54) is 17.2 Å². The van der Waals surface area contributed by atoms with Crippen molar-refractivity contribution in [3.8, 4) is 11.5 Å². The molecule has 0 saturated heterocycles. The molecule has 7 heteroatoms. The second kappa shape index (κ2) is 10.9. The lowest BCUT2D eigenvalue weighted by molar-refractivity contribution is -0.124. The van der Waals surface area contributed by atoms with E-state index < -0.39 is 5.91 Å². The molecule has 1 atom stereocenters. The topological polar surface area (TPSA) is 91.3 Å². The molecule has 0 fully saturated rings. The highest BCUT2D eigenvalue weighted by Crippen LogP contribution is 2.37. The van der Waals surface area contributed by atoms with Gasteiger partial charge < -0.3 is 14.6 Å². The molecule has 0 bridgehead atoms. The molecule has 0 spiro atoms. The normalized spacial score (nSPS) is 15.3. The predicted octanol–water partition coefficient (Wildman–Crippen LogP) is 2.75. The van der Waals surface area contributed by atoms with Crippen LogP contribution in [0.3, 0.4) is 0 Å². The Labute approximate surface area is 182 Å². The molecular formula is C24H30N2O5. The number of benzene rings is 2. The summed E-state index contributed by atoms with van der Waals surface area (Å²) in [6.07, 6.45) is 5.68. The number of hydrogen-bond acceptors (Lipinski definition) is 6. The standard InChI is InChI=1S/C24H30N2O5/c1-30-20-6-9-23(31-2)19(16-20)11-12-26(13-14-27)22-8-5-18-15-17(3-7-21(18)22)4-10-24(28)25-29/h3-4,6-7,9-10,15-16,22,27,29H,5,8,11-14H2,1-2H3,(H,25,28)/b10-4+/t22-/m0/s1. The molecule has 1 aliphatic rings. The van der Waals surface area contributed by atoms with E-state index in [4.69, 9.17) is 14.7 Å². The van der Waals surface area contributed by atoms with Crippen molar-refractivity contribution < 1.29 is 24.6 Å². The summed E-state index contributed by atoms with van der Waals surface area (Å²) in [7, 11) is 3.32. The third kappa shape index (κ3) is 5.64. The molecule has 0 aromatic heterocycles. The minimum atomic E-state index is -0.555. The van der Waals surface area contributed by atoms with Crippen molar-refractivity contribution in [3.63, 3.8) is 0 Å². The number of hydrogen-bond donors (Lipinski definition) is 3. The molecule has 0 aliphatic heterocycles. The average molecular weight is 427 g/mol. The Morgan fingerprint density at radius 3 is 2.74 bits per heavy atom. The van der Waals surface area contributed by atoms with Gasteiger partial charge in [0.25, 0.3) is 5.91 Å². The zero-order valence-electron chi connectivity index (χ0n) is 18.0. The monoisotopic (exact) mass is 426 g/mol. The lowest BCUT2D eigenvalue weighted by atomic mass is 10.0. The van der Waals surface area contributed by atoms with E-state index in [9.17, 15) is 9.90 Å². The van der Waals surface area contributed by atoms with Crippen molar-refractivity contribution >= 4 is 12.0 Å². The highest BCUT2D eigenvalue weighted by molar-refractivity contribution is 5.90. The number of nitrogens with zero attached hydrogens (tertiary/aromatic N) is 1. The van der Waals surface area contributed by atoms with Gasteiger partial charge >= 0.3 is 0 Å². The summed E-state index contributed by atoms with van der Waals surface area (Å²) in [5.41, 5.74) is 6.09. The summed E-state index contributed by atoms with van der Waals surface area (Å²) in [5.74, 6) is 1.08. The molecule has 1 amide bonds. The highest BCUT2D eigenvalue weighted by Gasteiger charge is 2.27. The van der Waals surface area contributed by atoms with Crippen LogP contribution >= 0.6 is 0 Å². The van der Waals surface area contributed by atoms with Gasteiger partial charge in [0.1, 0.15) is 11.5 Å². The van der Waals surface area contributed by atoms with Crippen LogP contribution in [0.25, 0.3) is 6.08 Å². The molecule has 166 valence electrons. The smallest absolute Gasteiger partial charge is 0.267 e. The first-order valence-corrected chi connectivity index (χ1v) is 10.4. The summed E-state index contributed by atoms with van der Waals surface area (Å²) in [5, 5.41) is 18.3. The SMILES string of the molecule is COc1ccc(OC)c(CCN(CCO)[C@H]2CCc3cc(/C=C/C(=O)NO)ccc32)c1. The maximum Gasteiger partial charge on any atom is 0.267 e. The van der Waals surface area contributed by atoms with E-state index in [2.05, 4.69) is 17.0 Å². The summed E-state index contributed by atoms with van der Waals surface area (Å²) in [4.78, 5) is 13.5. The molecule has 3 rings (SSSR count). The third-order valence-corrected chi connectivity index (χ3v) is 5.73. The zero-order valence-corrected chi connectivity index (χ0v) is 18.0. The van der Waals surface area contributed by atoms with Gasteiger partial charge in [-0.15, -0.1) is 0 Å². The number of rotatable bonds is 10. The number of aliphatic hydroxyl groups is 1. The van der Waals surface area contributed by atoms with Crippen LogP contribution in [0.5, 0.6) is 11.5 Å². The van der Waals surface area contributed by atoms with Crippen LogP contribution in [0.4, 0.5) is 0 Å². The first kappa shape index (κ1) is 22.8. The van der Waals surface area contributed by atoms with Crippen molar-refractivity contribution in [1.82, 2.24) is 10.4 Å². The number of nitrogens with one attached hydrogen (secondary N) is 1. The lowest BCUT2D eigenvalue weighted by Gasteiger charge is -2.29. The molecule has 2 aromatic rings. The molecule has 0 heterocycles. The number of hydroxylamine groups is 1. The Morgan fingerprint density at radius 1 is 1.19 bits per heavy atom. The van der Waals surface area contributed by atoms with Crippen LogP contribution in [-0.2, 0) is 17.6 Å². The summed E-state index contributed by atoms with van der Waals surface area (Å²) >= 11 is 0. The predicted molar refractivity (Wildman–Crippen MR) is 118 cm³/mol. The first-order valence-electron chi connectivity index (χ1n) is 10.4. The van der Waals surface area contributed by atoms with E-state index in [1.807, 2.05) is 24.3 Å². The van der Waals surface area contributed by atoms with Gasteiger partial charge in [-0.3, -0.25) is 14.9 Å². The highest BCUT2D eigenvalue weighted by atomic mass is 16.5. The van der Waals surface area contributed by atoms with Crippen LogP contribution < -0.4 is 15.0 Å². The fraction of sp³-hybridized carbons (Fsp3) is 0.375. The molecule has 31 heavy (non-hydrogen) atoms. The van der Waals surface area contributed by atoms with Crippen LogP contribution in [0, 0.1) is 0 Å².